The molecule has 7 heteroatoms. The van der Waals surface area contributed by atoms with Crippen LogP contribution in [0.15, 0.2) is 33.3 Å². The van der Waals surface area contributed by atoms with Crippen LogP contribution in [0, 0.1) is 0 Å². The zero-order valence-corrected chi connectivity index (χ0v) is 11.6. The second-order valence-electron chi connectivity index (χ2n) is 4.71. The van der Waals surface area contributed by atoms with E-state index in [1.165, 1.54) is 15.9 Å². The molecule has 0 aliphatic carbocycles. The van der Waals surface area contributed by atoms with Crippen LogP contribution < -0.4 is 17.0 Å². The van der Waals surface area contributed by atoms with E-state index in [9.17, 15) is 9.59 Å². The fraction of sp³-hybridized carbons (Fsp3) is 0.385. The zero-order valence-electron chi connectivity index (χ0n) is 10.7. The highest BCUT2D eigenvalue weighted by atomic mass is 32.1. The Kier molecular flexibility index (Phi) is 3.56. The molecular formula is C13H15N3O3S. The Hall–Kier alpha value is -1.70. The summed E-state index contributed by atoms with van der Waals surface area (Å²) in [6.07, 6.45) is 2.74. The topological polar surface area (TPSA) is 90.1 Å². The molecule has 0 saturated carbocycles. The van der Waals surface area contributed by atoms with Crippen molar-refractivity contribution >= 4 is 11.3 Å². The second-order valence-corrected chi connectivity index (χ2v) is 5.66. The lowest BCUT2D eigenvalue weighted by Crippen LogP contribution is -2.33. The van der Waals surface area contributed by atoms with E-state index in [4.69, 9.17) is 10.5 Å². The van der Waals surface area contributed by atoms with Crippen molar-refractivity contribution in [2.24, 2.45) is 5.73 Å². The minimum atomic E-state index is -0.446. The molecule has 1 fully saturated rings. The number of ether oxygens (including phenoxy) is 1. The van der Waals surface area contributed by atoms with Gasteiger partial charge in [-0.15, -0.1) is 11.3 Å². The van der Waals surface area contributed by atoms with Crippen LogP contribution in [0.1, 0.15) is 19.1 Å². The number of H-pyrrole nitrogens is 1. The molecule has 0 bridgehead atoms. The van der Waals surface area contributed by atoms with Gasteiger partial charge >= 0.3 is 5.69 Å². The summed E-state index contributed by atoms with van der Waals surface area (Å²) in [5.74, 6) is 0. The van der Waals surface area contributed by atoms with Gasteiger partial charge in [-0.3, -0.25) is 14.3 Å². The van der Waals surface area contributed by atoms with E-state index in [2.05, 4.69) is 4.98 Å². The molecule has 3 heterocycles. The molecule has 20 heavy (non-hydrogen) atoms. The maximum Gasteiger partial charge on any atom is 0.330 e. The van der Waals surface area contributed by atoms with Crippen molar-refractivity contribution in [3.8, 4) is 10.4 Å². The van der Waals surface area contributed by atoms with Crippen LogP contribution in [-0.2, 0) is 4.74 Å². The van der Waals surface area contributed by atoms with Gasteiger partial charge in [0, 0.05) is 17.6 Å². The van der Waals surface area contributed by atoms with Crippen LogP contribution >= 0.6 is 11.3 Å². The maximum absolute atomic E-state index is 11.9. The van der Waals surface area contributed by atoms with Crippen molar-refractivity contribution in [2.45, 2.75) is 25.2 Å². The minimum absolute atomic E-state index is 0.0241. The van der Waals surface area contributed by atoms with Crippen LogP contribution in [0.3, 0.4) is 0 Å². The maximum atomic E-state index is 11.9. The van der Waals surface area contributed by atoms with Gasteiger partial charge < -0.3 is 10.5 Å². The predicted molar refractivity (Wildman–Crippen MR) is 76.8 cm³/mol. The number of hydrogen-bond acceptors (Lipinski definition) is 5. The van der Waals surface area contributed by atoms with Gasteiger partial charge in [0.05, 0.1) is 11.7 Å². The smallest absolute Gasteiger partial charge is 0.330 e. The number of nitrogens with two attached hydrogens (primary N) is 1. The average Bonchev–Trinajstić information content (AvgIpc) is 3.09. The van der Waals surface area contributed by atoms with Crippen molar-refractivity contribution in [1.29, 1.82) is 0 Å². The molecule has 0 aromatic carbocycles. The fourth-order valence-electron chi connectivity index (χ4n) is 2.37. The lowest BCUT2D eigenvalue weighted by Gasteiger charge is -2.15. The van der Waals surface area contributed by atoms with E-state index in [-0.39, 0.29) is 17.9 Å². The number of hydrogen-bond donors (Lipinski definition) is 2. The summed E-state index contributed by atoms with van der Waals surface area (Å²) in [6.45, 7) is 0.437. The lowest BCUT2D eigenvalue weighted by atomic mass is 10.2. The minimum Gasteiger partial charge on any atom is -0.353 e. The highest BCUT2D eigenvalue weighted by Crippen LogP contribution is 2.27. The third-order valence-corrected chi connectivity index (χ3v) is 4.32. The highest BCUT2D eigenvalue weighted by Gasteiger charge is 2.26. The highest BCUT2D eigenvalue weighted by molar-refractivity contribution is 7.13. The monoisotopic (exact) mass is 293 g/mol. The van der Waals surface area contributed by atoms with Crippen molar-refractivity contribution < 1.29 is 4.74 Å². The van der Waals surface area contributed by atoms with Gasteiger partial charge in [0.2, 0.25) is 0 Å². The largest absolute Gasteiger partial charge is 0.353 e. The molecule has 3 N–H and O–H groups in total. The molecule has 0 radical (unpaired) electrons. The molecule has 3 rings (SSSR count). The molecule has 1 saturated heterocycles. The van der Waals surface area contributed by atoms with Crippen LogP contribution in [0.4, 0.5) is 0 Å². The number of thiophene rings is 1. The Morgan fingerprint density at radius 3 is 2.95 bits per heavy atom. The van der Waals surface area contributed by atoms with E-state index in [0.29, 0.717) is 12.1 Å². The summed E-state index contributed by atoms with van der Waals surface area (Å²) in [6, 6.07) is 3.72. The quantitative estimate of drug-likeness (QED) is 0.880. The van der Waals surface area contributed by atoms with Gasteiger partial charge in [-0.1, -0.05) is 6.07 Å². The summed E-state index contributed by atoms with van der Waals surface area (Å²) in [4.78, 5) is 27.0. The number of nitrogens with zero attached hydrogens (tertiary/aromatic N) is 1. The van der Waals surface area contributed by atoms with Crippen LogP contribution in [0.25, 0.3) is 10.4 Å². The van der Waals surface area contributed by atoms with E-state index >= 15 is 0 Å². The zero-order chi connectivity index (χ0) is 14.1. The normalized spacial score (nSPS) is 22.2. The molecule has 0 amide bonds. The van der Waals surface area contributed by atoms with Crippen LogP contribution in [-0.4, -0.2) is 22.2 Å². The Morgan fingerprint density at radius 1 is 1.45 bits per heavy atom. The molecule has 0 unspecified atom stereocenters. The first-order chi connectivity index (χ1) is 9.69. The van der Waals surface area contributed by atoms with E-state index in [0.717, 1.165) is 17.7 Å². The summed E-state index contributed by atoms with van der Waals surface area (Å²) in [7, 11) is 0. The molecule has 0 spiro atoms. The first-order valence-electron chi connectivity index (χ1n) is 6.44. The van der Waals surface area contributed by atoms with Gasteiger partial charge in [-0.2, -0.15) is 0 Å². The van der Waals surface area contributed by atoms with Crippen LogP contribution in [0.5, 0.6) is 0 Å². The lowest BCUT2D eigenvalue weighted by molar-refractivity contribution is 0.00369. The van der Waals surface area contributed by atoms with E-state index < -0.39 is 5.69 Å². The third-order valence-electron chi connectivity index (χ3n) is 3.41. The molecule has 6 nitrogen and oxygen atoms in total. The second kappa shape index (κ2) is 5.35. The predicted octanol–water partition coefficient (Wildman–Crippen LogP) is 0.901. The molecule has 1 aliphatic heterocycles. The summed E-state index contributed by atoms with van der Waals surface area (Å²) >= 11 is 1.46. The molecular weight excluding hydrogens is 278 g/mol. The van der Waals surface area contributed by atoms with Crippen molar-refractivity contribution in [1.82, 2.24) is 9.55 Å². The molecule has 106 valence electrons. The van der Waals surface area contributed by atoms with Crippen molar-refractivity contribution in [2.75, 3.05) is 6.54 Å². The molecule has 2 aromatic heterocycles. The van der Waals surface area contributed by atoms with Crippen molar-refractivity contribution in [3.63, 3.8) is 0 Å². The van der Waals surface area contributed by atoms with Gasteiger partial charge in [0.15, 0.2) is 0 Å². The van der Waals surface area contributed by atoms with Gasteiger partial charge in [-0.05, 0) is 24.3 Å². The Bertz CT molecular complexity index is 704. The SMILES string of the molecule is NC[C@@H]1CC[C@H](n2cc(-c3cccs3)c(=O)[nH]c2=O)O1. The summed E-state index contributed by atoms with van der Waals surface area (Å²) in [5.41, 5.74) is 5.24. The third kappa shape index (κ3) is 2.35. The van der Waals surface area contributed by atoms with Gasteiger partial charge in [0.25, 0.3) is 5.56 Å². The van der Waals surface area contributed by atoms with Gasteiger partial charge in [0.1, 0.15) is 6.23 Å². The summed E-state index contributed by atoms with van der Waals surface area (Å²) in [5, 5.41) is 1.89. The first kappa shape index (κ1) is 13.3. The average molecular weight is 293 g/mol. The van der Waals surface area contributed by atoms with Crippen LogP contribution in [0.2, 0.25) is 0 Å². The Balaban J connectivity index is 2.02. The molecule has 1 aliphatic rings. The van der Waals surface area contributed by atoms with Gasteiger partial charge in [-0.25, -0.2) is 4.79 Å². The van der Waals surface area contributed by atoms with Crippen molar-refractivity contribution in [3.05, 3.63) is 44.5 Å². The number of nitrogens with one attached hydrogen (secondary N) is 1. The number of aromatic nitrogens is 2. The Morgan fingerprint density at radius 2 is 2.30 bits per heavy atom. The van der Waals surface area contributed by atoms with E-state index in [1.54, 1.807) is 6.20 Å². The first-order valence-corrected chi connectivity index (χ1v) is 7.32. The summed E-state index contributed by atoms with van der Waals surface area (Å²) < 4.78 is 7.16. The van der Waals surface area contributed by atoms with E-state index in [1.807, 2.05) is 17.5 Å². The number of rotatable bonds is 3. The molecule has 2 atom stereocenters. The fourth-order valence-corrected chi connectivity index (χ4v) is 3.10. The molecule has 2 aromatic rings. The standard InChI is InChI=1S/C13H15N3O3S/c14-6-8-3-4-11(19-8)16-7-9(10-2-1-5-20-10)12(17)15-13(16)18/h1-2,5,7-8,11H,3-4,6,14H2,(H,15,17,18)/t8-,11+/m0/s1. The number of aromatic amines is 1. The Labute approximate surface area is 118 Å².